The summed E-state index contributed by atoms with van der Waals surface area (Å²) in [4.78, 5) is 0. The zero-order valence-electron chi connectivity index (χ0n) is 18.3. The summed E-state index contributed by atoms with van der Waals surface area (Å²) in [5.74, 6) is 4.96. The first-order valence-corrected chi connectivity index (χ1v) is 12.8. The lowest BCUT2D eigenvalue weighted by Crippen LogP contribution is -2.52. The fourth-order valence-electron chi connectivity index (χ4n) is 3.22. The molecule has 1 unspecified atom stereocenters. The van der Waals surface area contributed by atoms with Crippen LogP contribution in [0.4, 0.5) is 0 Å². The number of hydrogen-bond acceptors (Lipinski definition) is 4. The van der Waals surface area contributed by atoms with E-state index in [1.54, 1.807) is 7.11 Å². The minimum absolute atomic E-state index is 0.0306. The highest BCUT2D eigenvalue weighted by atomic mass is 28.4. The van der Waals surface area contributed by atoms with Crippen molar-refractivity contribution in [1.82, 2.24) is 0 Å². The molecule has 0 amide bonds. The normalized spacial score (nSPS) is 31.2. The van der Waals surface area contributed by atoms with Gasteiger partial charge in [0.1, 0.15) is 6.61 Å². The van der Waals surface area contributed by atoms with E-state index >= 15 is 0 Å². The number of rotatable bonds is 6. The maximum absolute atomic E-state index is 11.0. The first-order valence-electron chi connectivity index (χ1n) is 9.91. The lowest BCUT2D eigenvalue weighted by atomic mass is 9.79. The Balaban J connectivity index is 2.90. The molecule has 1 fully saturated rings. The molecule has 5 atom stereocenters. The van der Waals surface area contributed by atoms with Crippen LogP contribution in [-0.2, 0) is 13.9 Å². The zero-order chi connectivity index (χ0) is 20.2. The molecule has 1 heterocycles. The summed E-state index contributed by atoms with van der Waals surface area (Å²) in [6.07, 6.45) is 1.79. The standard InChI is InChI=1S/C21H40O4Si/c1-10-18(15-24-26(8,9)20(4,5)6)19-16(2)14-17(3)21(22,25-19)12-11-13-23-7/h16-19,22H,10,13-15H2,1-9H3/t16-,17+,18-,19-,21?/m0/s1. The van der Waals surface area contributed by atoms with Gasteiger partial charge in [-0.3, -0.25) is 0 Å². The summed E-state index contributed by atoms with van der Waals surface area (Å²) in [6.45, 7) is 18.7. The quantitative estimate of drug-likeness (QED) is 0.543. The van der Waals surface area contributed by atoms with Crippen LogP contribution in [0.25, 0.3) is 0 Å². The van der Waals surface area contributed by atoms with Gasteiger partial charge in [0.15, 0.2) is 8.32 Å². The predicted molar refractivity (Wildman–Crippen MR) is 109 cm³/mol. The van der Waals surface area contributed by atoms with Gasteiger partial charge in [-0.05, 0) is 42.8 Å². The van der Waals surface area contributed by atoms with Crippen molar-refractivity contribution in [1.29, 1.82) is 0 Å². The summed E-state index contributed by atoms with van der Waals surface area (Å²) in [7, 11) is -0.210. The van der Waals surface area contributed by atoms with E-state index in [0.29, 0.717) is 19.1 Å². The largest absolute Gasteiger partial charge is 0.416 e. The smallest absolute Gasteiger partial charge is 0.234 e. The highest BCUT2D eigenvalue weighted by Crippen LogP contribution is 2.41. The number of hydrogen-bond donors (Lipinski definition) is 1. The summed E-state index contributed by atoms with van der Waals surface area (Å²) in [5.41, 5.74) is 0. The molecular formula is C21H40O4Si. The lowest BCUT2D eigenvalue weighted by Gasteiger charge is -2.46. The molecular weight excluding hydrogens is 344 g/mol. The molecule has 4 nitrogen and oxygen atoms in total. The van der Waals surface area contributed by atoms with Crippen molar-refractivity contribution in [2.45, 2.75) is 84.4 Å². The molecule has 0 aliphatic carbocycles. The molecule has 1 rings (SSSR count). The summed E-state index contributed by atoms with van der Waals surface area (Å²) in [6, 6.07) is 0. The van der Waals surface area contributed by atoms with Crippen LogP contribution in [-0.4, -0.2) is 45.6 Å². The van der Waals surface area contributed by atoms with Gasteiger partial charge >= 0.3 is 0 Å². The Morgan fingerprint density at radius 1 is 1.31 bits per heavy atom. The van der Waals surface area contributed by atoms with Gasteiger partial charge in [-0.2, -0.15) is 0 Å². The van der Waals surface area contributed by atoms with Crippen LogP contribution in [0.2, 0.25) is 18.1 Å². The Bertz CT molecular complexity index is 502. The van der Waals surface area contributed by atoms with Crippen LogP contribution < -0.4 is 0 Å². The number of ether oxygens (including phenoxy) is 2. The van der Waals surface area contributed by atoms with Crippen molar-refractivity contribution in [2.24, 2.45) is 17.8 Å². The Morgan fingerprint density at radius 3 is 2.42 bits per heavy atom. The van der Waals surface area contributed by atoms with Crippen molar-refractivity contribution >= 4 is 8.32 Å². The molecule has 152 valence electrons. The molecule has 0 aromatic rings. The van der Waals surface area contributed by atoms with E-state index in [1.165, 1.54) is 0 Å². The van der Waals surface area contributed by atoms with Gasteiger partial charge in [-0.1, -0.05) is 47.5 Å². The third-order valence-electron chi connectivity index (χ3n) is 6.21. The summed E-state index contributed by atoms with van der Waals surface area (Å²) in [5, 5.41) is 11.2. The maximum Gasteiger partial charge on any atom is 0.234 e. The molecule has 1 saturated heterocycles. The minimum atomic E-state index is -1.81. The Hall–Kier alpha value is -0.383. The Labute approximate surface area is 162 Å². The molecule has 1 N–H and O–H groups in total. The van der Waals surface area contributed by atoms with Crippen LogP contribution >= 0.6 is 0 Å². The van der Waals surface area contributed by atoms with E-state index in [1.807, 2.05) is 6.92 Å². The Kier molecular flexibility index (Phi) is 8.38. The molecule has 1 aliphatic heterocycles. The molecule has 1 aliphatic rings. The molecule has 0 bridgehead atoms. The number of aliphatic hydroxyl groups is 1. The van der Waals surface area contributed by atoms with E-state index in [0.717, 1.165) is 12.8 Å². The fourth-order valence-corrected chi connectivity index (χ4v) is 4.28. The molecule has 0 saturated carbocycles. The maximum atomic E-state index is 11.0. The van der Waals surface area contributed by atoms with E-state index in [4.69, 9.17) is 13.9 Å². The lowest BCUT2D eigenvalue weighted by molar-refractivity contribution is -0.269. The second kappa shape index (κ2) is 9.21. The van der Waals surface area contributed by atoms with Crippen LogP contribution in [0.3, 0.4) is 0 Å². The highest BCUT2D eigenvalue weighted by Gasteiger charge is 2.46. The van der Waals surface area contributed by atoms with E-state index < -0.39 is 14.1 Å². The van der Waals surface area contributed by atoms with Crippen molar-refractivity contribution in [2.75, 3.05) is 20.3 Å². The zero-order valence-corrected chi connectivity index (χ0v) is 19.3. The topological polar surface area (TPSA) is 47.9 Å². The third-order valence-corrected chi connectivity index (χ3v) is 10.7. The first kappa shape index (κ1) is 23.7. The Morgan fingerprint density at radius 2 is 1.92 bits per heavy atom. The van der Waals surface area contributed by atoms with Crippen LogP contribution in [0, 0.1) is 29.6 Å². The fraction of sp³-hybridized carbons (Fsp3) is 0.905. The monoisotopic (exact) mass is 384 g/mol. The van der Waals surface area contributed by atoms with Gasteiger partial charge in [0.2, 0.25) is 5.79 Å². The molecule has 0 spiro atoms. The van der Waals surface area contributed by atoms with Crippen molar-refractivity contribution in [3.05, 3.63) is 0 Å². The summed E-state index contributed by atoms with van der Waals surface area (Å²) < 4.78 is 17.7. The van der Waals surface area contributed by atoms with Crippen LogP contribution in [0.15, 0.2) is 0 Å². The molecule has 26 heavy (non-hydrogen) atoms. The van der Waals surface area contributed by atoms with Gasteiger partial charge in [-0.15, -0.1) is 0 Å². The van der Waals surface area contributed by atoms with Crippen molar-refractivity contribution in [3.63, 3.8) is 0 Å². The van der Waals surface area contributed by atoms with Gasteiger partial charge in [0.05, 0.1) is 6.10 Å². The van der Waals surface area contributed by atoms with Crippen molar-refractivity contribution < 1.29 is 19.0 Å². The SMILES string of the molecule is CC[C@@H](CO[Si](C)(C)C(C)(C)C)[C@H]1OC(O)(C#CCOC)[C@H](C)C[C@@H]1C. The van der Waals surface area contributed by atoms with E-state index in [9.17, 15) is 5.11 Å². The molecule has 0 aromatic heterocycles. The third kappa shape index (κ3) is 5.81. The van der Waals surface area contributed by atoms with Crippen LogP contribution in [0.5, 0.6) is 0 Å². The highest BCUT2D eigenvalue weighted by molar-refractivity contribution is 6.74. The molecule has 0 radical (unpaired) electrons. The first-order chi connectivity index (χ1) is 11.9. The minimum Gasteiger partial charge on any atom is -0.416 e. The van der Waals surface area contributed by atoms with Gasteiger partial charge in [0.25, 0.3) is 0 Å². The van der Waals surface area contributed by atoms with Gasteiger partial charge < -0.3 is 19.0 Å². The predicted octanol–water partition coefficient (Wildman–Crippen LogP) is 4.43. The van der Waals surface area contributed by atoms with Crippen LogP contribution in [0.1, 0.15) is 54.4 Å². The van der Waals surface area contributed by atoms with E-state index in [-0.39, 0.29) is 23.0 Å². The van der Waals surface area contributed by atoms with Gasteiger partial charge in [-0.25, -0.2) is 0 Å². The molecule has 0 aromatic carbocycles. The average Bonchev–Trinajstić information content (AvgIpc) is 2.52. The average molecular weight is 385 g/mol. The second-order valence-corrected chi connectivity index (χ2v) is 14.2. The van der Waals surface area contributed by atoms with Gasteiger partial charge in [0, 0.05) is 25.6 Å². The number of methoxy groups -OCH3 is 1. The molecule has 5 heteroatoms. The van der Waals surface area contributed by atoms with E-state index in [2.05, 4.69) is 59.6 Å². The summed E-state index contributed by atoms with van der Waals surface area (Å²) >= 11 is 0. The van der Waals surface area contributed by atoms with Crippen molar-refractivity contribution in [3.8, 4) is 11.8 Å². The second-order valence-electron chi connectivity index (χ2n) is 9.37.